The fourth-order valence-electron chi connectivity index (χ4n) is 4.81. The van der Waals surface area contributed by atoms with Crippen molar-refractivity contribution in [2.24, 2.45) is 0 Å². The number of aromatic nitrogens is 2. The second-order valence-corrected chi connectivity index (χ2v) is 10.4. The highest BCUT2D eigenvalue weighted by Crippen LogP contribution is 2.42. The van der Waals surface area contributed by atoms with Crippen molar-refractivity contribution in [2.75, 3.05) is 62.2 Å². The number of hydrogen-bond donors (Lipinski definition) is 3. The first-order chi connectivity index (χ1) is 19.5. The topological polar surface area (TPSA) is 145 Å². The van der Waals surface area contributed by atoms with Crippen LogP contribution in [0, 0.1) is 27.3 Å². The molecule has 0 spiro atoms. The van der Waals surface area contributed by atoms with E-state index in [1.807, 2.05) is 25.9 Å². The molecule has 41 heavy (non-hydrogen) atoms. The summed E-state index contributed by atoms with van der Waals surface area (Å²) in [5.41, 5.74) is 1.71. The summed E-state index contributed by atoms with van der Waals surface area (Å²) in [7, 11) is 7.09. The number of benzene rings is 2. The number of rotatable bonds is 11. The second-order valence-electron chi connectivity index (χ2n) is 10.4. The van der Waals surface area contributed by atoms with Crippen LogP contribution in [0.2, 0.25) is 0 Å². The van der Waals surface area contributed by atoms with Crippen LogP contribution in [-0.2, 0) is 0 Å². The maximum absolute atomic E-state index is 15.2. The van der Waals surface area contributed by atoms with Gasteiger partial charge in [0, 0.05) is 37.8 Å². The number of ether oxygens (including phenoxy) is 1. The smallest absolute Gasteiger partial charge is 0.294 e. The summed E-state index contributed by atoms with van der Waals surface area (Å²) in [6.07, 6.45) is 3.00. The summed E-state index contributed by atoms with van der Waals surface area (Å²) in [6.45, 7) is 5.27. The van der Waals surface area contributed by atoms with Gasteiger partial charge in [0.05, 0.1) is 46.5 Å². The summed E-state index contributed by atoms with van der Waals surface area (Å²) >= 11 is 0. The van der Waals surface area contributed by atoms with E-state index in [0.29, 0.717) is 41.5 Å². The van der Waals surface area contributed by atoms with E-state index in [2.05, 4.69) is 38.9 Å². The Morgan fingerprint density at radius 2 is 1.98 bits per heavy atom. The minimum absolute atomic E-state index is 0.0584. The number of hydrogen-bond acceptors (Lipinski definition) is 11. The van der Waals surface area contributed by atoms with Gasteiger partial charge in [-0.2, -0.15) is 5.26 Å². The van der Waals surface area contributed by atoms with Crippen molar-refractivity contribution in [2.45, 2.75) is 32.4 Å². The number of nitrogens with zero attached hydrogens (tertiary/aromatic N) is 6. The van der Waals surface area contributed by atoms with E-state index in [1.165, 1.54) is 25.4 Å². The lowest BCUT2D eigenvalue weighted by atomic mass is 10.1. The van der Waals surface area contributed by atoms with Gasteiger partial charge in [0.1, 0.15) is 29.0 Å². The van der Waals surface area contributed by atoms with E-state index in [-0.39, 0.29) is 28.6 Å². The highest BCUT2D eigenvalue weighted by atomic mass is 19.1. The first-order valence-electron chi connectivity index (χ1n) is 13.1. The number of methoxy groups -OCH3 is 1. The monoisotopic (exact) mass is 563 g/mol. The van der Waals surface area contributed by atoms with Gasteiger partial charge in [-0.3, -0.25) is 10.1 Å². The third-order valence-corrected chi connectivity index (χ3v) is 6.87. The van der Waals surface area contributed by atoms with Crippen molar-refractivity contribution in [3.63, 3.8) is 0 Å². The molecule has 3 aromatic rings. The minimum atomic E-state index is -0.495. The predicted octanol–water partition coefficient (Wildman–Crippen LogP) is 5.17. The Hall–Kier alpha value is -4.70. The zero-order valence-corrected chi connectivity index (χ0v) is 24.0. The van der Waals surface area contributed by atoms with Crippen LogP contribution in [-0.4, -0.2) is 66.8 Å². The largest absolute Gasteiger partial charge is 0.494 e. The average Bonchev–Trinajstić information content (AvgIpc) is 3.28. The van der Waals surface area contributed by atoms with E-state index in [4.69, 9.17) is 4.74 Å². The third kappa shape index (κ3) is 6.22. The molecule has 1 aliphatic heterocycles. The molecule has 4 rings (SSSR count). The average molecular weight is 564 g/mol. The molecule has 1 atom stereocenters. The SMILES string of the molecule is CCCC1(C)Nc2cc(-c3nc(Nc4cc([N+](=O)[O-])c(N(C)CCN(C)C)cc4OC)ncc3C#N)cc(F)c2N1. The van der Waals surface area contributed by atoms with Crippen LogP contribution in [0.3, 0.4) is 0 Å². The van der Waals surface area contributed by atoms with E-state index in [0.717, 1.165) is 12.8 Å². The Bertz CT molecular complexity index is 1510. The fourth-order valence-corrected chi connectivity index (χ4v) is 4.81. The van der Waals surface area contributed by atoms with Gasteiger partial charge in [-0.1, -0.05) is 13.3 Å². The lowest BCUT2D eigenvalue weighted by molar-refractivity contribution is -0.384. The number of likely N-dealkylation sites (N-methyl/N-ethyl adjacent to an activating group) is 2. The third-order valence-electron chi connectivity index (χ3n) is 6.87. The Kier molecular flexibility index (Phi) is 8.44. The van der Waals surface area contributed by atoms with Gasteiger partial charge in [0.2, 0.25) is 5.95 Å². The molecule has 0 amide bonds. The highest BCUT2D eigenvalue weighted by molar-refractivity contribution is 5.83. The van der Waals surface area contributed by atoms with Crippen molar-refractivity contribution in [3.8, 4) is 23.1 Å². The molecule has 0 saturated heterocycles. The molecular weight excluding hydrogens is 529 g/mol. The Balaban J connectivity index is 1.71. The number of nitrogens with one attached hydrogen (secondary N) is 3. The molecule has 216 valence electrons. The number of nitro groups is 1. The molecular formula is C28H34FN9O3. The zero-order valence-electron chi connectivity index (χ0n) is 24.0. The first kappa shape index (κ1) is 29.3. The molecule has 12 nitrogen and oxygen atoms in total. The maximum atomic E-state index is 15.2. The standard InChI is InChI=1S/C28H34FN9O3/c1-7-8-28(2)34-21-12-17(11-19(29)26(21)35-28)25-18(15-30)16-31-27(33-25)32-20-13-23(38(39)40)22(14-24(20)41-6)37(5)10-9-36(3)4/h11-14,16,34-35H,7-10H2,1-6H3,(H,31,32,33). The number of nitriles is 1. The van der Waals surface area contributed by atoms with E-state index in [1.54, 1.807) is 24.1 Å². The van der Waals surface area contributed by atoms with Gasteiger partial charge in [0.25, 0.3) is 5.69 Å². The van der Waals surface area contributed by atoms with Gasteiger partial charge in [-0.05, 0) is 39.6 Å². The molecule has 1 unspecified atom stereocenters. The summed E-state index contributed by atoms with van der Waals surface area (Å²) in [5, 5.41) is 31.3. The predicted molar refractivity (Wildman–Crippen MR) is 157 cm³/mol. The molecule has 2 heterocycles. The van der Waals surface area contributed by atoms with Gasteiger partial charge >= 0.3 is 0 Å². The summed E-state index contributed by atoms with van der Waals surface area (Å²) in [6, 6.07) is 8.07. The lowest BCUT2D eigenvalue weighted by Crippen LogP contribution is -2.37. The molecule has 2 aromatic carbocycles. The minimum Gasteiger partial charge on any atom is -0.494 e. The van der Waals surface area contributed by atoms with Crippen LogP contribution in [0.4, 0.5) is 38.8 Å². The molecule has 0 saturated carbocycles. The molecule has 0 fully saturated rings. The lowest BCUT2D eigenvalue weighted by Gasteiger charge is -2.25. The fraction of sp³-hybridized carbons (Fsp3) is 0.393. The van der Waals surface area contributed by atoms with Gasteiger partial charge in [-0.25, -0.2) is 14.4 Å². The van der Waals surface area contributed by atoms with Gasteiger partial charge < -0.3 is 30.5 Å². The highest BCUT2D eigenvalue weighted by Gasteiger charge is 2.33. The van der Waals surface area contributed by atoms with E-state index >= 15 is 4.39 Å². The first-order valence-corrected chi connectivity index (χ1v) is 13.1. The van der Waals surface area contributed by atoms with Gasteiger partial charge in [0.15, 0.2) is 0 Å². The summed E-state index contributed by atoms with van der Waals surface area (Å²) in [5.74, 6) is -0.0814. The number of halogens is 1. The van der Waals surface area contributed by atoms with E-state index in [9.17, 15) is 15.4 Å². The molecule has 13 heteroatoms. The summed E-state index contributed by atoms with van der Waals surface area (Å²) < 4.78 is 20.7. The molecule has 0 aliphatic carbocycles. The molecule has 0 bridgehead atoms. The Labute approximate surface area is 238 Å². The Morgan fingerprint density at radius 3 is 2.61 bits per heavy atom. The van der Waals surface area contributed by atoms with Crippen LogP contribution in [0.1, 0.15) is 32.3 Å². The van der Waals surface area contributed by atoms with Crippen molar-refractivity contribution in [1.82, 2.24) is 14.9 Å². The second kappa shape index (κ2) is 11.8. The molecule has 1 aliphatic rings. The molecule has 0 radical (unpaired) electrons. The van der Waals surface area contributed by atoms with Crippen LogP contribution in [0.15, 0.2) is 30.5 Å². The number of anilines is 5. The Morgan fingerprint density at radius 1 is 1.22 bits per heavy atom. The van der Waals surface area contributed by atoms with Crippen molar-refractivity contribution in [1.29, 1.82) is 5.26 Å². The van der Waals surface area contributed by atoms with E-state index < -0.39 is 16.4 Å². The zero-order chi connectivity index (χ0) is 29.9. The van der Waals surface area contributed by atoms with Crippen molar-refractivity contribution < 1.29 is 14.1 Å². The van der Waals surface area contributed by atoms with Crippen LogP contribution >= 0.6 is 0 Å². The summed E-state index contributed by atoms with van der Waals surface area (Å²) in [4.78, 5) is 24.0. The van der Waals surface area contributed by atoms with Crippen LogP contribution < -0.4 is 25.6 Å². The van der Waals surface area contributed by atoms with Crippen LogP contribution in [0.25, 0.3) is 11.3 Å². The quantitative estimate of drug-likeness (QED) is 0.210. The number of nitro benzene ring substituents is 1. The normalized spacial score (nSPS) is 15.5. The van der Waals surface area contributed by atoms with Crippen molar-refractivity contribution >= 4 is 34.4 Å². The maximum Gasteiger partial charge on any atom is 0.294 e. The number of fused-ring (bicyclic) bond motifs is 1. The molecule has 1 aromatic heterocycles. The molecule has 3 N–H and O–H groups in total. The van der Waals surface area contributed by atoms with Crippen molar-refractivity contribution in [3.05, 3.63) is 52.0 Å². The van der Waals surface area contributed by atoms with Gasteiger partial charge in [-0.15, -0.1) is 0 Å². The van der Waals surface area contributed by atoms with Crippen LogP contribution in [0.5, 0.6) is 5.75 Å².